The number of nitrogens with zero attached hydrogens (tertiary/aromatic N) is 10. The molecule has 3 fully saturated rings. The summed E-state index contributed by atoms with van der Waals surface area (Å²) in [5.41, 5.74) is 6.76. The molecule has 0 amide bonds. The van der Waals surface area contributed by atoms with E-state index in [1.165, 1.54) is 44.4 Å². The standard InChI is InChI=1S/C11H13N3O4.C11H15N3O2.C9H10BrN3O3.C5H2BrClN2O2/c1-8(15)10-6-9(14(16)17)7-12-11(10)13-2-4-18-5-3-13;1-8(15)10-6-9(12)7-13-11(10)14-2-4-16-5-3-14;10-8-5-7(13(14)15)6-11-9(8)12-1-3-16-4-2-12;6-4-1-3(9(10)11)2-8-5(4)7/h6-7H,2-5H2,1H3;6-7H,2-5,12H2,1H3;5-6H,1-4H2;1-2H. The number of hydrogen-bond donors (Lipinski definition) is 1. The molecule has 0 aliphatic carbocycles. The van der Waals surface area contributed by atoms with E-state index < -0.39 is 14.8 Å². The third-order valence-electron chi connectivity index (χ3n) is 8.65. The number of Topliss-reactive ketones (excluding diaryl/α,β-unsaturated/α-hetero) is 2. The van der Waals surface area contributed by atoms with Gasteiger partial charge in [0, 0.05) is 57.5 Å². The molecule has 22 nitrogen and oxygen atoms in total. The van der Waals surface area contributed by atoms with Crippen molar-refractivity contribution in [2.24, 2.45) is 0 Å². The smallest absolute Gasteiger partial charge is 0.288 e. The van der Waals surface area contributed by atoms with Crippen LogP contribution >= 0.6 is 43.5 Å². The van der Waals surface area contributed by atoms with E-state index in [0.717, 1.165) is 38.2 Å². The van der Waals surface area contributed by atoms with Crippen LogP contribution in [0.5, 0.6) is 0 Å². The molecule has 3 aliphatic rings. The molecule has 61 heavy (non-hydrogen) atoms. The van der Waals surface area contributed by atoms with Gasteiger partial charge in [-0.1, -0.05) is 11.6 Å². The van der Waals surface area contributed by atoms with Gasteiger partial charge in [0.05, 0.1) is 86.4 Å². The van der Waals surface area contributed by atoms with Crippen LogP contribution in [-0.4, -0.2) is 125 Å². The minimum absolute atomic E-state index is 0.0103. The predicted molar refractivity (Wildman–Crippen MR) is 231 cm³/mol. The van der Waals surface area contributed by atoms with E-state index in [1.54, 1.807) is 12.3 Å². The van der Waals surface area contributed by atoms with E-state index >= 15 is 0 Å². The van der Waals surface area contributed by atoms with Crippen LogP contribution in [0.15, 0.2) is 58.0 Å². The molecule has 3 saturated heterocycles. The highest BCUT2D eigenvalue weighted by Crippen LogP contribution is 2.28. The van der Waals surface area contributed by atoms with Crippen molar-refractivity contribution in [2.45, 2.75) is 13.8 Å². The number of rotatable bonds is 8. The highest BCUT2D eigenvalue weighted by molar-refractivity contribution is 9.11. The van der Waals surface area contributed by atoms with Crippen molar-refractivity contribution >= 4 is 95.2 Å². The number of aromatic nitrogens is 4. The highest BCUT2D eigenvalue weighted by atomic mass is 79.9. The number of carbonyl (C=O) groups excluding carboxylic acids is 2. The van der Waals surface area contributed by atoms with E-state index in [4.69, 9.17) is 31.5 Å². The van der Waals surface area contributed by atoms with Crippen molar-refractivity contribution in [3.05, 3.63) is 105 Å². The van der Waals surface area contributed by atoms with Crippen LogP contribution in [0.4, 0.5) is 40.2 Å². The fourth-order valence-corrected chi connectivity index (χ4v) is 6.66. The lowest BCUT2D eigenvalue weighted by atomic mass is 10.1. The summed E-state index contributed by atoms with van der Waals surface area (Å²) in [5.74, 6) is 1.70. The highest BCUT2D eigenvalue weighted by Gasteiger charge is 2.22. The number of ether oxygens (including phenoxy) is 3. The summed E-state index contributed by atoms with van der Waals surface area (Å²) < 4.78 is 16.8. The first-order valence-corrected chi connectivity index (χ1v) is 20.2. The van der Waals surface area contributed by atoms with Crippen LogP contribution < -0.4 is 20.4 Å². The lowest BCUT2D eigenvalue weighted by molar-refractivity contribution is -0.385. The Morgan fingerprint density at radius 2 is 0.934 bits per heavy atom. The van der Waals surface area contributed by atoms with Crippen molar-refractivity contribution in [3.8, 4) is 0 Å². The van der Waals surface area contributed by atoms with Crippen LogP contribution in [-0.2, 0) is 14.2 Å². The van der Waals surface area contributed by atoms with Gasteiger partial charge in [-0.3, -0.25) is 39.9 Å². The quantitative estimate of drug-likeness (QED) is 0.0955. The number of carbonyl (C=O) groups is 2. The van der Waals surface area contributed by atoms with Gasteiger partial charge in [-0.2, -0.15) is 0 Å². The Labute approximate surface area is 370 Å². The molecule has 3 aliphatic heterocycles. The van der Waals surface area contributed by atoms with Gasteiger partial charge in [-0.25, -0.2) is 19.9 Å². The van der Waals surface area contributed by atoms with E-state index in [0.29, 0.717) is 84.6 Å². The van der Waals surface area contributed by atoms with Crippen molar-refractivity contribution in [3.63, 3.8) is 0 Å². The van der Waals surface area contributed by atoms with Crippen LogP contribution in [0.3, 0.4) is 0 Å². The molecule has 7 rings (SSSR count). The Morgan fingerprint density at radius 3 is 1.33 bits per heavy atom. The van der Waals surface area contributed by atoms with Gasteiger partial charge >= 0.3 is 0 Å². The minimum atomic E-state index is -0.553. The molecule has 2 N–H and O–H groups in total. The van der Waals surface area contributed by atoms with Gasteiger partial charge in [0.1, 0.15) is 41.2 Å². The number of hydrogen-bond acceptors (Lipinski definition) is 19. The fraction of sp³-hybridized carbons (Fsp3) is 0.389. The molecule has 4 aromatic heterocycles. The lowest BCUT2D eigenvalue weighted by Crippen LogP contribution is -2.37. The average Bonchev–Trinajstić information content (AvgIpc) is 3.25. The number of halogens is 3. The summed E-state index contributed by atoms with van der Waals surface area (Å²) in [6.45, 7) is 11.0. The average molecular weight is 998 g/mol. The summed E-state index contributed by atoms with van der Waals surface area (Å²) in [5, 5.41) is 31.6. The monoisotopic (exact) mass is 995 g/mol. The van der Waals surface area contributed by atoms with E-state index in [1.807, 2.05) is 9.80 Å². The molecule has 0 atom stereocenters. The van der Waals surface area contributed by atoms with Gasteiger partial charge in [0.2, 0.25) is 0 Å². The molecule has 326 valence electrons. The van der Waals surface area contributed by atoms with Gasteiger partial charge in [-0.15, -0.1) is 0 Å². The third kappa shape index (κ3) is 14.3. The van der Waals surface area contributed by atoms with Crippen LogP contribution in [0.25, 0.3) is 0 Å². The van der Waals surface area contributed by atoms with E-state index in [9.17, 15) is 39.9 Å². The second-order valence-electron chi connectivity index (χ2n) is 12.9. The summed E-state index contributed by atoms with van der Waals surface area (Å²) >= 11 is 11.8. The zero-order valence-corrected chi connectivity index (χ0v) is 36.7. The van der Waals surface area contributed by atoms with Crippen LogP contribution in [0.1, 0.15) is 34.6 Å². The number of ketones is 2. The number of nitro groups is 3. The largest absolute Gasteiger partial charge is 0.397 e. The Balaban J connectivity index is 0.000000181. The SMILES string of the molecule is CC(=O)c1cc(N)cnc1N1CCOCC1.CC(=O)c1cc([N+](=O)[O-])cnc1N1CCOCC1.O=[N+]([O-])c1cnc(Cl)c(Br)c1.O=[N+]([O-])c1cnc(N2CCOCC2)c(Br)c1. The first-order chi connectivity index (χ1) is 29.1. The van der Waals surface area contributed by atoms with Crippen molar-refractivity contribution in [1.29, 1.82) is 0 Å². The minimum Gasteiger partial charge on any atom is -0.397 e. The Kier molecular flexibility index (Phi) is 18.5. The Bertz CT molecular complexity index is 2210. The molecule has 0 radical (unpaired) electrons. The maximum atomic E-state index is 11.6. The summed E-state index contributed by atoms with van der Waals surface area (Å²) in [6.07, 6.45) is 5.14. The third-order valence-corrected chi connectivity index (χ3v) is 10.4. The molecule has 0 aromatic carbocycles. The Morgan fingerprint density at radius 1 is 0.590 bits per heavy atom. The second kappa shape index (κ2) is 23.5. The second-order valence-corrected chi connectivity index (χ2v) is 14.9. The van der Waals surface area contributed by atoms with E-state index in [-0.39, 0.29) is 39.3 Å². The normalized spacial score (nSPS) is 14.8. The molecule has 25 heteroatoms. The number of nitrogens with two attached hydrogens (primary N) is 1. The van der Waals surface area contributed by atoms with Crippen LogP contribution in [0.2, 0.25) is 5.15 Å². The van der Waals surface area contributed by atoms with Crippen molar-refractivity contribution in [1.82, 2.24) is 19.9 Å². The van der Waals surface area contributed by atoms with Gasteiger partial charge in [0.15, 0.2) is 11.6 Å². The Hall–Kier alpha value is -5.53. The predicted octanol–water partition coefficient (Wildman–Crippen LogP) is 5.73. The first-order valence-electron chi connectivity index (χ1n) is 18.2. The number of pyridine rings is 4. The number of nitrogen functional groups attached to an aromatic ring is 1. The van der Waals surface area contributed by atoms with Crippen molar-refractivity contribution in [2.75, 3.05) is 99.3 Å². The molecule has 0 saturated carbocycles. The summed E-state index contributed by atoms with van der Waals surface area (Å²) in [4.78, 5) is 74.9. The zero-order valence-electron chi connectivity index (χ0n) is 32.8. The molecule has 4 aromatic rings. The van der Waals surface area contributed by atoms with Gasteiger partial charge < -0.3 is 34.6 Å². The molecule has 0 bridgehead atoms. The molecular weight excluding hydrogens is 958 g/mol. The fourth-order valence-electron chi connectivity index (χ4n) is 5.63. The van der Waals surface area contributed by atoms with Gasteiger partial charge in [-0.05, 0) is 51.8 Å². The number of morpholine rings is 3. The van der Waals surface area contributed by atoms with Gasteiger partial charge in [0.25, 0.3) is 17.1 Å². The summed E-state index contributed by atoms with van der Waals surface area (Å²) in [7, 11) is 0. The molecule has 7 heterocycles. The van der Waals surface area contributed by atoms with E-state index in [2.05, 4.69) is 56.7 Å². The molecule has 0 unspecified atom stereocenters. The van der Waals surface area contributed by atoms with Crippen LogP contribution in [0, 0.1) is 30.3 Å². The molecule has 0 spiro atoms. The topological polar surface area (TPSA) is 279 Å². The maximum Gasteiger partial charge on any atom is 0.288 e. The summed E-state index contributed by atoms with van der Waals surface area (Å²) in [6, 6.07) is 5.73. The number of anilines is 4. The lowest BCUT2D eigenvalue weighted by Gasteiger charge is -2.29. The molecular formula is C36H40Br2ClN11O11. The maximum absolute atomic E-state index is 11.6. The first kappa shape index (κ1) is 48.1. The van der Waals surface area contributed by atoms with Crippen molar-refractivity contribution < 1.29 is 38.6 Å². The zero-order chi connectivity index (χ0) is 44.6.